The predicted molar refractivity (Wildman–Crippen MR) is 121 cm³/mol. The number of nitrogens with zero attached hydrogens (tertiary/aromatic N) is 1. The van der Waals surface area contributed by atoms with Gasteiger partial charge in [0.2, 0.25) is 0 Å². The fourth-order valence-electron chi connectivity index (χ4n) is 3.08. The minimum absolute atomic E-state index is 0.184. The normalized spacial score (nSPS) is 11.3. The zero-order valence-electron chi connectivity index (χ0n) is 17.8. The van der Waals surface area contributed by atoms with E-state index >= 15 is 0 Å². The predicted octanol–water partition coefficient (Wildman–Crippen LogP) is 4.62. The van der Waals surface area contributed by atoms with Gasteiger partial charge in [0.1, 0.15) is 18.1 Å². The van der Waals surface area contributed by atoms with Crippen LogP contribution in [0.25, 0.3) is 0 Å². The van der Waals surface area contributed by atoms with Gasteiger partial charge in [-0.2, -0.15) is 0 Å². The third-order valence-corrected chi connectivity index (χ3v) is 6.07. The van der Waals surface area contributed by atoms with Crippen molar-refractivity contribution in [1.82, 2.24) is 0 Å². The van der Waals surface area contributed by atoms with Gasteiger partial charge in [-0.05, 0) is 56.2 Å². The van der Waals surface area contributed by atoms with Crippen LogP contribution in [0.1, 0.15) is 23.3 Å². The lowest BCUT2D eigenvalue weighted by Gasteiger charge is -2.12. The third-order valence-electron chi connectivity index (χ3n) is 4.71. The SMILES string of the molecule is Cc1ccc(NS(=O)(=O)c2ccc(NCCCOCc3ccco3)c([N+](=O)[O-])c2)c(C)c1. The minimum Gasteiger partial charge on any atom is -0.467 e. The highest BCUT2D eigenvalue weighted by Crippen LogP contribution is 2.29. The Morgan fingerprint density at radius 1 is 1.09 bits per heavy atom. The van der Waals surface area contributed by atoms with Gasteiger partial charge in [0.15, 0.2) is 0 Å². The molecule has 2 aromatic carbocycles. The molecule has 9 nitrogen and oxygen atoms in total. The van der Waals surface area contributed by atoms with Crippen molar-refractivity contribution < 1.29 is 22.5 Å². The molecule has 1 heterocycles. The summed E-state index contributed by atoms with van der Waals surface area (Å²) in [5.41, 5.74) is 2.12. The number of nitrogens with one attached hydrogen (secondary N) is 2. The summed E-state index contributed by atoms with van der Waals surface area (Å²) in [6, 6.07) is 12.7. The first-order valence-corrected chi connectivity index (χ1v) is 11.5. The number of sulfonamides is 1. The number of benzene rings is 2. The first-order chi connectivity index (χ1) is 15.3. The fourth-order valence-corrected chi connectivity index (χ4v) is 4.23. The van der Waals surface area contributed by atoms with Crippen LogP contribution in [-0.2, 0) is 21.4 Å². The average Bonchev–Trinajstić information content (AvgIpc) is 3.26. The summed E-state index contributed by atoms with van der Waals surface area (Å²) in [7, 11) is -3.99. The maximum Gasteiger partial charge on any atom is 0.293 e. The van der Waals surface area contributed by atoms with Crippen molar-refractivity contribution in [2.24, 2.45) is 0 Å². The van der Waals surface area contributed by atoms with Crippen molar-refractivity contribution in [3.63, 3.8) is 0 Å². The second-order valence-electron chi connectivity index (χ2n) is 7.27. The number of rotatable bonds is 11. The molecule has 0 amide bonds. The fraction of sp³-hybridized carbons (Fsp3) is 0.273. The summed E-state index contributed by atoms with van der Waals surface area (Å²) in [6.45, 7) is 4.91. The first-order valence-electron chi connectivity index (χ1n) is 9.99. The van der Waals surface area contributed by atoms with E-state index in [-0.39, 0.29) is 16.3 Å². The topological polar surface area (TPSA) is 124 Å². The van der Waals surface area contributed by atoms with Gasteiger partial charge in [0, 0.05) is 19.2 Å². The number of hydrogen-bond acceptors (Lipinski definition) is 7. The Morgan fingerprint density at radius 2 is 1.88 bits per heavy atom. The molecule has 0 atom stereocenters. The Balaban J connectivity index is 1.63. The molecular formula is C22H25N3O6S. The molecule has 0 aliphatic carbocycles. The molecule has 2 N–H and O–H groups in total. The number of nitro groups is 1. The maximum absolute atomic E-state index is 12.8. The quantitative estimate of drug-likeness (QED) is 0.243. The molecule has 0 saturated carbocycles. The molecule has 0 bridgehead atoms. The van der Waals surface area contributed by atoms with Crippen LogP contribution in [-0.4, -0.2) is 26.5 Å². The van der Waals surface area contributed by atoms with E-state index < -0.39 is 14.9 Å². The van der Waals surface area contributed by atoms with Crippen LogP contribution in [0.4, 0.5) is 17.1 Å². The van der Waals surface area contributed by atoms with E-state index in [0.717, 1.165) is 23.0 Å². The van der Waals surface area contributed by atoms with Crippen LogP contribution < -0.4 is 10.0 Å². The largest absolute Gasteiger partial charge is 0.467 e. The number of aryl methyl sites for hydroxylation is 2. The van der Waals surface area contributed by atoms with E-state index in [4.69, 9.17) is 9.15 Å². The number of anilines is 2. The lowest BCUT2D eigenvalue weighted by atomic mass is 10.1. The van der Waals surface area contributed by atoms with Crippen molar-refractivity contribution >= 4 is 27.1 Å². The molecule has 0 unspecified atom stereocenters. The zero-order valence-corrected chi connectivity index (χ0v) is 18.6. The molecular weight excluding hydrogens is 434 g/mol. The number of furan rings is 1. The molecule has 32 heavy (non-hydrogen) atoms. The third kappa shape index (κ3) is 6.08. The van der Waals surface area contributed by atoms with E-state index in [1.165, 1.54) is 12.1 Å². The lowest BCUT2D eigenvalue weighted by Crippen LogP contribution is -2.14. The van der Waals surface area contributed by atoms with E-state index in [2.05, 4.69) is 10.0 Å². The first kappa shape index (κ1) is 23.3. The highest BCUT2D eigenvalue weighted by Gasteiger charge is 2.22. The van der Waals surface area contributed by atoms with Crippen molar-refractivity contribution in [3.05, 3.63) is 81.8 Å². The maximum atomic E-state index is 12.8. The Bertz CT molecular complexity index is 1180. The van der Waals surface area contributed by atoms with E-state index in [0.29, 0.717) is 31.9 Å². The zero-order chi connectivity index (χ0) is 23.1. The van der Waals surface area contributed by atoms with E-state index in [9.17, 15) is 18.5 Å². The molecule has 0 spiro atoms. The molecule has 3 rings (SSSR count). The summed E-state index contributed by atoms with van der Waals surface area (Å²) in [5.74, 6) is 0.722. The van der Waals surface area contributed by atoms with Gasteiger partial charge >= 0.3 is 0 Å². The van der Waals surface area contributed by atoms with E-state index in [1.807, 2.05) is 19.1 Å². The highest BCUT2D eigenvalue weighted by atomic mass is 32.2. The summed E-state index contributed by atoms with van der Waals surface area (Å²) < 4.78 is 38.7. The molecule has 0 fully saturated rings. The Kier molecular flexibility index (Phi) is 7.49. The van der Waals surface area contributed by atoms with Gasteiger partial charge in [-0.3, -0.25) is 14.8 Å². The van der Waals surface area contributed by atoms with Gasteiger partial charge < -0.3 is 14.5 Å². The van der Waals surface area contributed by atoms with Crippen molar-refractivity contribution in [3.8, 4) is 0 Å². The van der Waals surface area contributed by atoms with Crippen LogP contribution in [0, 0.1) is 24.0 Å². The molecule has 0 aliphatic heterocycles. The lowest BCUT2D eigenvalue weighted by molar-refractivity contribution is -0.384. The number of hydrogen-bond donors (Lipinski definition) is 2. The molecule has 1 aromatic heterocycles. The van der Waals surface area contributed by atoms with Crippen LogP contribution in [0.15, 0.2) is 64.1 Å². The molecule has 3 aromatic rings. The molecule has 0 saturated heterocycles. The van der Waals surface area contributed by atoms with Crippen molar-refractivity contribution in [1.29, 1.82) is 0 Å². The van der Waals surface area contributed by atoms with Crippen LogP contribution in [0.2, 0.25) is 0 Å². The Hall–Kier alpha value is -3.37. The molecule has 10 heteroatoms. The smallest absolute Gasteiger partial charge is 0.293 e. The van der Waals surface area contributed by atoms with Crippen LogP contribution in [0.5, 0.6) is 0 Å². The number of nitro benzene ring substituents is 1. The minimum atomic E-state index is -3.99. The number of ether oxygens (including phenoxy) is 1. The second-order valence-corrected chi connectivity index (χ2v) is 8.95. The van der Waals surface area contributed by atoms with Gasteiger partial charge in [-0.1, -0.05) is 17.7 Å². The standard InChI is InChI=1S/C22H25N3O6S/c1-16-6-8-20(17(2)13-16)24-32(28,29)19-7-9-21(22(14-19)25(26)27)23-10-4-11-30-15-18-5-3-12-31-18/h3,5-9,12-14,23-24H,4,10-11,15H2,1-2H3. The van der Waals surface area contributed by atoms with E-state index in [1.54, 1.807) is 31.4 Å². The van der Waals surface area contributed by atoms with Gasteiger partial charge in [0.25, 0.3) is 15.7 Å². The van der Waals surface area contributed by atoms with Gasteiger partial charge in [-0.25, -0.2) is 8.42 Å². The highest BCUT2D eigenvalue weighted by molar-refractivity contribution is 7.92. The molecule has 170 valence electrons. The summed E-state index contributed by atoms with van der Waals surface area (Å²) in [4.78, 5) is 10.7. The summed E-state index contributed by atoms with van der Waals surface area (Å²) in [5, 5.41) is 14.5. The second kappa shape index (κ2) is 10.3. The Labute approximate surface area is 186 Å². The average molecular weight is 460 g/mol. The molecule has 0 radical (unpaired) electrons. The van der Waals surface area contributed by atoms with Crippen molar-refractivity contribution in [2.45, 2.75) is 31.8 Å². The Morgan fingerprint density at radius 3 is 2.56 bits per heavy atom. The summed E-state index contributed by atoms with van der Waals surface area (Å²) >= 11 is 0. The van der Waals surface area contributed by atoms with Crippen molar-refractivity contribution in [2.75, 3.05) is 23.2 Å². The van der Waals surface area contributed by atoms with Gasteiger partial charge in [-0.15, -0.1) is 0 Å². The van der Waals surface area contributed by atoms with Gasteiger partial charge in [0.05, 0.1) is 21.8 Å². The van der Waals surface area contributed by atoms with Crippen LogP contribution in [0.3, 0.4) is 0 Å². The van der Waals surface area contributed by atoms with Crippen LogP contribution >= 0.6 is 0 Å². The molecule has 0 aliphatic rings. The summed E-state index contributed by atoms with van der Waals surface area (Å²) in [6.07, 6.45) is 2.17. The monoisotopic (exact) mass is 459 g/mol.